The van der Waals surface area contributed by atoms with Gasteiger partial charge in [0, 0.05) is 24.3 Å². The van der Waals surface area contributed by atoms with Crippen LogP contribution in [0.4, 0.5) is 0 Å². The van der Waals surface area contributed by atoms with Gasteiger partial charge in [0.15, 0.2) is 11.5 Å². The van der Waals surface area contributed by atoms with Crippen LogP contribution in [0.25, 0.3) is 0 Å². The van der Waals surface area contributed by atoms with Crippen LogP contribution in [0.2, 0.25) is 0 Å². The highest BCUT2D eigenvalue weighted by molar-refractivity contribution is 7.99. The smallest absolute Gasteiger partial charge is 0.306 e. The molecule has 1 atom stereocenters. The van der Waals surface area contributed by atoms with E-state index in [0.717, 1.165) is 11.3 Å². The molecule has 1 heterocycles. The number of benzene rings is 1. The van der Waals surface area contributed by atoms with E-state index >= 15 is 0 Å². The normalized spacial score (nSPS) is 16.8. The third kappa shape index (κ3) is 4.14. The lowest BCUT2D eigenvalue weighted by Crippen LogP contribution is -2.31. The molecule has 0 unspecified atom stereocenters. The highest BCUT2D eigenvalue weighted by Gasteiger charge is 2.33. The summed E-state index contributed by atoms with van der Waals surface area (Å²) in [5.41, 5.74) is 0.906. The van der Waals surface area contributed by atoms with Crippen LogP contribution in [0.5, 0.6) is 11.5 Å². The number of thioether (sulfide) groups is 1. The topological polar surface area (TPSA) is 65.1 Å². The van der Waals surface area contributed by atoms with Crippen molar-refractivity contribution in [3.05, 3.63) is 23.8 Å². The second kappa shape index (κ2) is 8.82. The van der Waals surface area contributed by atoms with E-state index < -0.39 is 0 Å². The number of esters is 1. The second-order valence-corrected chi connectivity index (χ2v) is 6.39. The molecule has 0 aromatic heterocycles. The van der Waals surface area contributed by atoms with E-state index in [-0.39, 0.29) is 30.1 Å². The molecule has 1 saturated heterocycles. The van der Waals surface area contributed by atoms with Gasteiger partial charge in [-0.15, -0.1) is 11.8 Å². The molecule has 1 aromatic rings. The van der Waals surface area contributed by atoms with Gasteiger partial charge in [0.05, 0.1) is 27.2 Å². The molecule has 1 aliphatic heterocycles. The number of carbonyl (C=O) groups excluding carboxylic acids is 2. The lowest BCUT2D eigenvalue weighted by atomic mass is 10.1. The van der Waals surface area contributed by atoms with Gasteiger partial charge in [-0.25, -0.2) is 0 Å². The lowest BCUT2D eigenvalue weighted by Gasteiger charge is -2.26. The minimum Gasteiger partial charge on any atom is -0.493 e. The standard InChI is InChI=1S/C17H23NO5S/c1-4-23-15(20)9-8-14(19)18-10-11-24-17(18)12-6-5-7-13(21-2)16(12)22-3/h5-7,17H,4,8-11H2,1-3H3/t17-/m0/s1. The Labute approximate surface area is 146 Å². The molecule has 132 valence electrons. The molecule has 1 aliphatic rings. The van der Waals surface area contributed by atoms with Crippen LogP contribution >= 0.6 is 11.8 Å². The predicted octanol–water partition coefficient (Wildman–Crippen LogP) is 2.62. The first-order valence-corrected chi connectivity index (χ1v) is 8.94. The van der Waals surface area contributed by atoms with E-state index in [2.05, 4.69) is 0 Å². The third-order valence-electron chi connectivity index (χ3n) is 3.76. The van der Waals surface area contributed by atoms with E-state index in [1.54, 1.807) is 37.8 Å². The van der Waals surface area contributed by atoms with E-state index in [1.807, 2.05) is 18.2 Å². The van der Waals surface area contributed by atoms with Crippen LogP contribution in [0.1, 0.15) is 30.7 Å². The number of nitrogens with zero attached hydrogens (tertiary/aromatic N) is 1. The Bertz CT molecular complexity index is 592. The highest BCUT2D eigenvalue weighted by Crippen LogP contribution is 2.45. The van der Waals surface area contributed by atoms with Crippen molar-refractivity contribution in [3.63, 3.8) is 0 Å². The van der Waals surface area contributed by atoms with Gasteiger partial charge >= 0.3 is 5.97 Å². The van der Waals surface area contributed by atoms with Gasteiger partial charge in [-0.1, -0.05) is 12.1 Å². The van der Waals surface area contributed by atoms with Crippen LogP contribution in [0.15, 0.2) is 18.2 Å². The van der Waals surface area contributed by atoms with E-state index in [9.17, 15) is 9.59 Å². The Morgan fingerprint density at radius 3 is 2.71 bits per heavy atom. The van der Waals surface area contributed by atoms with Crippen molar-refractivity contribution < 1.29 is 23.8 Å². The average molecular weight is 353 g/mol. The zero-order chi connectivity index (χ0) is 17.5. The maximum absolute atomic E-state index is 12.5. The SMILES string of the molecule is CCOC(=O)CCC(=O)N1CCS[C@H]1c1cccc(OC)c1OC. The Kier molecular flexibility index (Phi) is 6.78. The number of para-hydroxylation sites is 1. The fourth-order valence-corrected chi connectivity index (χ4v) is 3.97. The van der Waals surface area contributed by atoms with Gasteiger partial charge < -0.3 is 19.1 Å². The molecular formula is C17H23NO5S. The predicted molar refractivity (Wildman–Crippen MR) is 92.3 cm³/mol. The lowest BCUT2D eigenvalue weighted by molar-refractivity contribution is -0.145. The zero-order valence-electron chi connectivity index (χ0n) is 14.2. The number of ether oxygens (including phenoxy) is 3. The van der Waals surface area contributed by atoms with Gasteiger partial charge in [-0.3, -0.25) is 9.59 Å². The summed E-state index contributed by atoms with van der Waals surface area (Å²) < 4.78 is 15.7. The summed E-state index contributed by atoms with van der Waals surface area (Å²) in [5.74, 6) is 1.73. The van der Waals surface area contributed by atoms with Crippen molar-refractivity contribution in [3.8, 4) is 11.5 Å². The number of hydrogen-bond donors (Lipinski definition) is 0. The van der Waals surface area contributed by atoms with Crippen molar-refractivity contribution in [2.75, 3.05) is 33.1 Å². The van der Waals surface area contributed by atoms with Crippen molar-refractivity contribution in [1.82, 2.24) is 4.90 Å². The monoisotopic (exact) mass is 353 g/mol. The Balaban J connectivity index is 2.13. The first kappa shape index (κ1) is 18.4. The van der Waals surface area contributed by atoms with Gasteiger partial charge in [0.2, 0.25) is 5.91 Å². The van der Waals surface area contributed by atoms with Crippen molar-refractivity contribution in [2.24, 2.45) is 0 Å². The number of amides is 1. The molecular weight excluding hydrogens is 330 g/mol. The van der Waals surface area contributed by atoms with Crippen LogP contribution in [0, 0.1) is 0 Å². The maximum atomic E-state index is 12.5. The Morgan fingerprint density at radius 2 is 2.04 bits per heavy atom. The molecule has 0 bridgehead atoms. The molecule has 6 nitrogen and oxygen atoms in total. The highest BCUT2D eigenvalue weighted by atomic mass is 32.2. The summed E-state index contributed by atoms with van der Waals surface area (Å²) in [6.07, 6.45) is 0.262. The molecule has 0 radical (unpaired) electrons. The summed E-state index contributed by atoms with van der Waals surface area (Å²) in [4.78, 5) is 25.8. The Morgan fingerprint density at radius 1 is 1.25 bits per heavy atom. The molecule has 2 rings (SSSR count). The largest absolute Gasteiger partial charge is 0.493 e. The second-order valence-electron chi connectivity index (χ2n) is 5.20. The molecule has 1 amide bonds. The number of methoxy groups -OCH3 is 2. The first-order chi connectivity index (χ1) is 11.6. The van der Waals surface area contributed by atoms with Gasteiger partial charge in [0.25, 0.3) is 0 Å². The fraction of sp³-hybridized carbons (Fsp3) is 0.529. The quantitative estimate of drug-likeness (QED) is 0.702. The molecule has 1 fully saturated rings. The van der Waals surface area contributed by atoms with Crippen LogP contribution in [-0.2, 0) is 14.3 Å². The summed E-state index contributed by atoms with van der Waals surface area (Å²) >= 11 is 1.68. The molecule has 24 heavy (non-hydrogen) atoms. The van der Waals surface area contributed by atoms with Crippen LogP contribution < -0.4 is 9.47 Å². The van der Waals surface area contributed by atoms with E-state index in [0.29, 0.717) is 24.7 Å². The van der Waals surface area contributed by atoms with Crippen LogP contribution in [-0.4, -0.2) is 49.9 Å². The number of rotatable bonds is 7. The van der Waals surface area contributed by atoms with Crippen molar-refractivity contribution in [2.45, 2.75) is 25.1 Å². The molecule has 0 N–H and O–H groups in total. The van der Waals surface area contributed by atoms with E-state index in [1.165, 1.54) is 0 Å². The zero-order valence-corrected chi connectivity index (χ0v) is 15.1. The van der Waals surface area contributed by atoms with Gasteiger partial charge in [-0.05, 0) is 13.0 Å². The summed E-state index contributed by atoms with van der Waals surface area (Å²) in [6, 6.07) is 5.65. The van der Waals surface area contributed by atoms with Gasteiger partial charge in [-0.2, -0.15) is 0 Å². The minimum absolute atomic E-state index is 0.0528. The fourth-order valence-electron chi connectivity index (χ4n) is 2.68. The van der Waals surface area contributed by atoms with Gasteiger partial charge in [0.1, 0.15) is 5.37 Å². The summed E-state index contributed by atoms with van der Waals surface area (Å²) in [7, 11) is 3.18. The Hall–Kier alpha value is -1.89. The molecule has 0 spiro atoms. The molecule has 1 aromatic carbocycles. The minimum atomic E-state index is -0.340. The summed E-state index contributed by atoms with van der Waals surface area (Å²) in [5, 5.41) is -0.134. The third-order valence-corrected chi connectivity index (χ3v) is 5.00. The maximum Gasteiger partial charge on any atom is 0.306 e. The number of hydrogen-bond acceptors (Lipinski definition) is 6. The van der Waals surface area contributed by atoms with E-state index in [4.69, 9.17) is 14.2 Å². The molecule has 0 aliphatic carbocycles. The van der Waals surface area contributed by atoms with Crippen molar-refractivity contribution in [1.29, 1.82) is 0 Å². The average Bonchev–Trinajstić information content (AvgIpc) is 3.08. The summed E-state index contributed by atoms with van der Waals surface area (Å²) in [6.45, 7) is 2.73. The van der Waals surface area contributed by atoms with Crippen LogP contribution in [0.3, 0.4) is 0 Å². The molecule has 7 heteroatoms. The van der Waals surface area contributed by atoms with Crippen molar-refractivity contribution >= 4 is 23.6 Å². The number of carbonyl (C=O) groups is 2. The molecule has 0 saturated carbocycles. The first-order valence-electron chi connectivity index (χ1n) is 7.90.